The van der Waals surface area contributed by atoms with E-state index in [4.69, 9.17) is 0 Å². The third-order valence-corrected chi connectivity index (χ3v) is 14.7. The summed E-state index contributed by atoms with van der Waals surface area (Å²) in [6.45, 7) is 2.37. The zero-order valence-electron chi connectivity index (χ0n) is 16.3. The van der Waals surface area contributed by atoms with E-state index in [1.165, 1.54) is 19.3 Å². The van der Waals surface area contributed by atoms with E-state index >= 15 is 0 Å². The summed E-state index contributed by atoms with van der Waals surface area (Å²) < 4.78 is 0. The monoisotopic (exact) mass is 368 g/mol. The highest BCUT2D eigenvalue weighted by Crippen LogP contribution is 2.68. The minimum Gasteiger partial charge on any atom is -0.195 e. The first kappa shape index (κ1) is 18.1. The maximum absolute atomic E-state index is 2.69. The molecule has 0 aliphatic heterocycles. The van der Waals surface area contributed by atoms with Crippen molar-refractivity contribution < 1.29 is 0 Å². The molecule has 7 atom stereocenters. The van der Waals surface area contributed by atoms with E-state index in [9.17, 15) is 0 Å². The van der Waals surface area contributed by atoms with Gasteiger partial charge in [0.25, 0.3) is 0 Å². The third kappa shape index (κ3) is 3.57. The lowest BCUT2D eigenvalue weighted by atomic mass is 9.71. The normalized spacial score (nSPS) is 46.0. The molecule has 24 heavy (non-hydrogen) atoms. The molecule has 0 nitrogen and oxygen atoms in total. The molecule has 7 unspecified atom stereocenters. The number of rotatable bonds is 5. The predicted molar refractivity (Wildman–Crippen MR) is 113 cm³/mol. The van der Waals surface area contributed by atoms with E-state index in [1.807, 2.05) is 0 Å². The lowest BCUT2D eigenvalue weighted by Gasteiger charge is -2.43. The molecule has 0 heterocycles. The van der Waals surface area contributed by atoms with Gasteiger partial charge in [0.1, 0.15) is 0 Å². The van der Waals surface area contributed by atoms with Gasteiger partial charge in [-0.3, -0.25) is 0 Å². The second-order valence-electron chi connectivity index (χ2n) is 9.96. The van der Waals surface area contributed by atoms with E-state index < -0.39 is 9.06 Å². The zero-order chi connectivity index (χ0) is 16.7. The van der Waals surface area contributed by atoms with Gasteiger partial charge < -0.3 is 0 Å². The molecule has 4 aliphatic rings. The summed E-state index contributed by atoms with van der Waals surface area (Å²) in [7, 11) is 2.08. The summed E-state index contributed by atoms with van der Waals surface area (Å²) in [5.41, 5.74) is 0. The van der Waals surface area contributed by atoms with Crippen molar-refractivity contribution in [3.05, 3.63) is 0 Å². The van der Waals surface area contributed by atoms with Crippen LogP contribution in [0.15, 0.2) is 0 Å². The van der Waals surface area contributed by atoms with E-state index in [-0.39, 0.29) is 0 Å². The highest BCUT2D eigenvalue weighted by molar-refractivity contribution is 8.94. The standard InChI is InChI=1S/C22H40S2/c1-4-6-16-9-11-20(13-16)24(2,3)23-22-12-10-19-14-17-7-5-8-18(17)15-21(19)22/h16-22H,4-15H2,1-3H3. The van der Waals surface area contributed by atoms with Crippen molar-refractivity contribution in [1.29, 1.82) is 0 Å². The van der Waals surface area contributed by atoms with Gasteiger partial charge >= 0.3 is 0 Å². The van der Waals surface area contributed by atoms with Gasteiger partial charge in [0.15, 0.2) is 0 Å². The van der Waals surface area contributed by atoms with Crippen LogP contribution in [0, 0.1) is 29.6 Å². The van der Waals surface area contributed by atoms with Crippen LogP contribution in [0.25, 0.3) is 0 Å². The van der Waals surface area contributed by atoms with Crippen LogP contribution >= 0.6 is 19.9 Å². The topological polar surface area (TPSA) is 0 Å². The highest BCUT2D eigenvalue weighted by atomic mass is 33.2. The fourth-order valence-corrected chi connectivity index (χ4v) is 13.5. The average molecular weight is 369 g/mol. The minimum atomic E-state index is -0.451. The summed E-state index contributed by atoms with van der Waals surface area (Å²) in [4.78, 5) is 0. The summed E-state index contributed by atoms with van der Waals surface area (Å²) in [6.07, 6.45) is 24.0. The second kappa shape index (κ2) is 7.37. The Bertz CT molecular complexity index is 432. The van der Waals surface area contributed by atoms with Crippen molar-refractivity contribution in [2.45, 2.75) is 94.5 Å². The minimum absolute atomic E-state index is 0.451. The van der Waals surface area contributed by atoms with Crippen LogP contribution < -0.4 is 0 Å². The van der Waals surface area contributed by atoms with Crippen LogP contribution in [-0.4, -0.2) is 23.0 Å². The van der Waals surface area contributed by atoms with Gasteiger partial charge in [0.2, 0.25) is 0 Å². The molecular formula is C22H40S2. The average Bonchev–Trinajstić information content (AvgIpc) is 3.25. The lowest BCUT2D eigenvalue weighted by molar-refractivity contribution is 0.159. The van der Waals surface area contributed by atoms with Gasteiger partial charge in [-0.05, 0) is 92.3 Å². The number of hydrogen-bond acceptors (Lipinski definition) is 1. The quantitative estimate of drug-likeness (QED) is 0.460. The second-order valence-corrected chi connectivity index (χ2v) is 17.2. The fourth-order valence-electron chi connectivity index (χ4n) is 6.95. The Hall–Kier alpha value is 0.700. The Balaban J connectivity index is 1.36. The van der Waals surface area contributed by atoms with E-state index in [0.29, 0.717) is 0 Å². The molecule has 4 saturated carbocycles. The summed E-state index contributed by atoms with van der Waals surface area (Å²) >= 11 is 0. The summed E-state index contributed by atoms with van der Waals surface area (Å²) in [5, 5.41) is 2.10. The third-order valence-electron chi connectivity index (χ3n) is 8.27. The lowest BCUT2D eigenvalue weighted by Crippen LogP contribution is -2.30. The van der Waals surface area contributed by atoms with Gasteiger partial charge in [-0.25, -0.2) is 0 Å². The van der Waals surface area contributed by atoms with Gasteiger partial charge in [0.05, 0.1) is 0 Å². The molecule has 0 saturated heterocycles. The van der Waals surface area contributed by atoms with E-state index in [1.54, 1.807) is 57.8 Å². The number of fused-ring (bicyclic) bond motifs is 2. The highest BCUT2D eigenvalue weighted by Gasteiger charge is 2.47. The molecule has 4 aliphatic carbocycles. The van der Waals surface area contributed by atoms with Crippen molar-refractivity contribution in [3.63, 3.8) is 0 Å². The van der Waals surface area contributed by atoms with Gasteiger partial charge in [-0.1, -0.05) is 39.0 Å². The Morgan fingerprint density at radius 2 is 1.62 bits per heavy atom. The predicted octanol–water partition coefficient (Wildman–Crippen LogP) is 7.27. The Labute approximate surface area is 156 Å². The fraction of sp³-hybridized carbons (Fsp3) is 1.00. The van der Waals surface area contributed by atoms with Crippen LogP contribution in [-0.2, 0) is 0 Å². The molecule has 0 aromatic rings. The summed E-state index contributed by atoms with van der Waals surface area (Å²) in [6, 6.07) is 0. The molecule has 0 N–H and O–H groups in total. The zero-order valence-corrected chi connectivity index (χ0v) is 18.0. The molecule has 0 spiro atoms. The Morgan fingerprint density at radius 1 is 0.833 bits per heavy atom. The number of hydrogen-bond donors (Lipinski definition) is 0. The van der Waals surface area contributed by atoms with Gasteiger partial charge in [-0.15, -0.1) is 10.8 Å². The molecular weight excluding hydrogens is 328 g/mol. The molecule has 2 heteroatoms. The maximum atomic E-state index is 2.69. The van der Waals surface area contributed by atoms with Crippen molar-refractivity contribution in [1.82, 2.24) is 0 Å². The van der Waals surface area contributed by atoms with E-state index in [0.717, 1.165) is 40.1 Å². The van der Waals surface area contributed by atoms with Crippen LogP contribution in [0.1, 0.15) is 84.0 Å². The SMILES string of the molecule is CCCC1CCC(S(C)(C)SC2CCC3CC4CCCC4CC32)C1. The molecule has 4 fully saturated rings. The molecule has 0 aromatic heterocycles. The van der Waals surface area contributed by atoms with Crippen LogP contribution in [0.5, 0.6) is 0 Å². The smallest absolute Gasteiger partial charge is 0.0167 e. The first-order chi connectivity index (χ1) is 11.6. The van der Waals surface area contributed by atoms with Crippen LogP contribution in [0.2, 0.25) is 0 Å². The van der Waals surface area contributed by atoms with Crippen LogP contribution in [0.3, 0.4) is 0 Å². The molecule has 0 bridgehead atoms. The first-order valence-corrected chi connectivity index (χ1v) is 14.9. The van der Waals surface area contributed by atoms with Crippen molar-refractivity contribution >= 4 is 19.9 Å². The van der Waals surface area contributed by atoms with Crippen molar-refractivity contribution in [3.8, 4) is 0 Å². The van der Waals surface area contributed by atoms with Crippen molar-refractivity contribution in [2.75, 3.05) is 12.5 Å². The molecule has 0 aromatic carbocycles. The molecule has 4 rings (SSSR count). The van der Waals surface area contributed by atoms with Crippen LogP contribution in [0.4, 0.5) is 0 Å². The van der Waals surface area contributed by atoms with E-state index in [2.05, 4.69) is 30.2 Å². The van der Waals surface area contributed by atoms with Gasteiger partial charge in [0, 0.05) is 5.25 Å². The molecule has 0 radical (unpaired) electrons. The molecule has 140 valence electrons. The Kier molecular flexibility index (Phi) is 5.55. The van der Waals surface area contributed by atoms with Crippen molar-refractivity contribution in [2.24, 2.45) is 29.6 Å². The Morgan fingerprint density at radius 3 is 2.42 bits per heavy atom. The maximum Gasteiger partial charge on any atom is 0.0167 e. The van der Waals surface area contributed by atoms with Gasteiger partial charge in [-0.2, -0.15) is 9.06 Å². The summed E-state index contributed by atoms with van der Waals surface area (Å²) in [5.74, 6) is 5.56. The first-order valence-electron chi connectivity index (χ1n) is 11.0. The largest absolute Gasteiger partial charge is 0.195 e. The molecule has 0 amide bonds.